The van der Waals surface area contributed by atoms with E-state index in [1.165, 1.54) is 24.3 Å². The highest BCUT2D eigenvalue weighted by atomic mass is 32.2. The number of rotatable bonds is 7. The number of carbonyl (C=O) groups is 1. The lowest BCUT2D eigenvalue weighted by atomic mass is 10.2. The predicted octanol–water partition coefficient (Wildman–Crippen LogP) is 4.02. The Labute approximate surface area is 168 Å². The van der Waals surface area contributed by atoms with Crippen LogP contribution in [0.25, 0.3) is 0 Å². The van der Waals surface area contributed by atoms with Crippen molar-refractivity contribution in [3.63, 3.8) is 0 Å². The third kappa shape index (κ3) is 5.55. The highest BCUT2D eigenvalue weighted by molar-refractivity contribution is 7.92. The van der Waals surface area contributed by atoms with Crippen molar-refractivity contribution in [3.8, 4) is 11.5 Å². The highest BCUT2D eigenvalue weighted by Gasteiger charge is 2.24. The summed E-state index contributed by atoms with van der Waals surface area (Å²) in [5.74, 6) is -0.188. The highest BCUT2D eigenvalue weighted by Crippen LogP contribution is 2.33. The Kier molecular flexibility index (Phi) is 6.13. The molecular formula is C21H19FN2O4S. The first kappa shape index (κ1) is 20.3. The van der Waals surface area contributed by atoms with Gasteiger partial charge in [0.25, 0.3) is 0 Å². The fraction of sp³-hybridized carbons (Fsp3) is 0.0952. The molecule has 0 atom stereocenters. The fourth-order valence-corrected chi connectivity index (χ4v) is 3.47. The van der Waals surface area contributed by atoms with E-state index in [4.69, 9.17) is 4.74 Å². The van der Waals surface area contributed by atoms with E-state index < -0.39 is 28.3 Å². The zero-order valence-electron chi connectivity index (χ0n) is 15.6. The van der Waals surface area contributed by atoms with Gasteiger partial charge in [0.05, 0.1) is 11.9 Å². The van der Waals surface area contributed by atoms with Gasteiger partial charge in [0.15, 0.2) is 5.75 Å². The lowest BCUT2D eigenvalue weighted by molar-refractivity contribution is -0.114. The molecule has 0 radical (unpaired) electrons. The van der Waals surface area contributed by atoms with E-state index in [9.17, 15) is 17.6 Å². The van der Waals surface area contributed by atoms with E-state index in [0.29, 0.717) is 17.2 Å². The first-order chi connectivity index (χ1) is 13.8. The molecule has 0 aliphatic heterocycles. The van der Waals surface area contributed by atoms with Gasteiger partial charge in [-0.05, 0) is 48.5 Å². The van der Waals surface area contributed by atoms with Crippen LogP contribution in [0.4, 0.5) is 15.8 Å². The van der Waals surface area contributed by atoms with Gasteiger partial charge in [-0.1, -0.05) is 30.3 Å². The lowest BCUT2D eigenvalue weighted by Crippen LogP contribution is -2.37. The molecule has 1 N–H and O–H groups in total. The van der Waals surface area contributed by atoms with E-state index in [1.54, 1.807) is 48.5 Å². The summed E-state index contributed by atoms with van der Waals surface area (Å²) in [6, 6.07) is 20.6. The summed E-state index contributed by atoms with van der Waals surface area (Å²) in [6.07, 6.45) is 1.01. The first-order valence-electron chi connectivity index (χ1n) is 8.68. The summed E-state index contributed by atoms with van der Waals surface area (Å²) < 4.78 is 44.6. The van der Waals surface area contributed by atoms with Crippen molar-refractivity contribution in [1.29, 1.82) is 0 Å². The van der Waals surface area contributed by atoms with Gasteiger partial charge in [-0.2, -0.15) is 0 Å². The summed E-state index contributed by atoms with van der Waals surface area (Å²) in [7, 11) is -3.79. The molecule has 0 fully saturated rings. The third-order valence-corrected chi connectivity index (χ3v) is 5.05. The average Bonchev–Trinajstić information content (AvgIpc) is 2.69. The van der Waals surface area contributed by atoms with E-state index >= 15 is 0 Å². The molecule has 0 saturated heterocycles. The summed E-state index contributed by atoms with van der Waals surface area (Å²) >= 11 is 0. The van der Waals surface area contributed by atoms with Crippen molar-refractivity contribution in [2.75, 3.05) is 22.4 Å². The Hall–Kier alpha value is -3.39. The van der Waals surface area contributed by atoms with Crippen molar-refractivity contribution in [2.24, 2.45) is 0 Å². The SMILES string of the molecule is CS(=O)(=O)N(CC(=O)Nc1ccc(F)cc1)c1ccccc1Oc1ccccc1. The summed E-state index contributed by atoms with van der Waals surface area (Å²) in [6.45, 7) is -0.467. The minimum Gasteiger partial charge on any atom is -0.455 e. The van der Waals surface area contributed by atoms with E-state index in [-0.39, 0.29) is 5.69 Å². The molecule has 3 aromatic carbocycles. The molecule has 0 heterocycles. The number of hydrogen-bond donors (Lipinski definition) is 1. The molecule has 0 spiro atoms. The molecule has 0 aromatic heterocycles. The molecule has 0 aliphatic carbocycles. The minimum absolute atomic E-state index is 0.230. The van der Waals surface area contributed by atoms with Crippen LogP contribution in [0, 0.1) is 5.82 Å². The van der Waals surface area contributed by atoms with Gasteiger partial charge in [-0.3, -0.25) is 9.10 Å². The van der Waals surface area contributed by atoms with Crippen molar-refractivity contribution in [3.05, 3.63) is 84.7 Å². The topological polar surface area (TPSA) is 75.7 Å². The Bertz CT molecular complexity index is 1090. The molecule has 0 bridgehead atoms. The number of halogens is 1. The molecule has 3 rings (SSSR count). The smallest absolute Gasteiger partial charge is 0.245 e. The Balaban J connectivity index is 1.86. The summed E-state index contributed by atoms with van der Waals surface area (Å²) in [5.41, 5.74) is 0.590. The molecule has 8 heteroatoms. The Morgan fingerprint density at radius 2 is 1.59 bits per heavy atom. The number of benzene rings is 3. The molecule has 29 heavy (non-hydrogen) atoms. The first-order valence-corrected chi connectivity index (χ1v) is 10.5. The molecule has 0 saturated carbocycles. The lowest BCUT2D eigenvalue weighted by Gasteiger charge is -2.24. The van der Waals surface area contributed by atoms with Gasteiger partial charge in [-0.25, -0.2) is 12.8 Å². The summed E-state index contributed by atoms with van der Waals surface area (Å²) in [5, 5.41) is 2.56. The van der Waals surface area contributed by atoms with Crippen molar-refractivity contribution in [2.45, 2.75) is 0 Å². The van der Waals surface area contributed by atoms with Crippen LogP contribution in [0.15, 0.2) is 78.9 Å². The van der Waals surface area contributed by atoms with Gasteiger partial charge in [0.1, 0.15) is 18.1 Å². The number of hydrogen-bond acceptors (Lipinski definition) is 4. The largest absolute Gasteiger partial charge is 0.455 e. The molecule has 3 aromatic rings. The number of sulfonamides is 1. The van der Waals surface area contributed by atoms with E-state index in [0.717, 1.165) is 10.6 Å². The van der Waals surface area contributed by atoms with Crippen LogP contribution in [-0.4, -0.2) is 27.1 Å². The molecule has 6 nitrogen and oxygen atoms in total. The number of amides is 1. The summed E-state index contributed by atoms with van der Waals surface area (Å²) in [4.78, 5) is 12.4. The van der Waals surface area contributed by atoms with Gasteiger partial charge in [-0.15, -0.1) is 0 Å². The standard InChI is InChI=1S/C21H19FN2O4S/c1-29(26,27)24(15-21(25)23-17-13-11-16(22)12-14-17)19-9-5-6-10-20(19)28-18-7-3-2-4-8-18/h2-14H,15H2,1H3,(H,23,25). The normalized spacial score (nSPS) is 11.0. The number of anilines is 2. The van der Waals surface area contributed by atoms with E-state index in [1.807, 2.05) is 6.07 Å². The number of ether oxygens (including phenoxy) is 1. The maximum absolute atomic E-state index is 13.0. The predicted molar refractivity (Wildman–Crippen MR) is 110 cm³/mol. The van der Waals surface area contributed by atoms with Crippen LogP contribution < -0.4 is 14.4 Å². The number of nitrogens with one attached hydrogen (secondary N) is 1. The van der Waals surface area contributed by atoms with E-state index in [2.05, 4.69) is 5.32 Å². The van der Waals surface area contributed by atoms with Crippen LogP contribution in [0.3, 0.4) is 0 Å². The molecular weight excluding hydrogens is 395 g/mol. The van der Waals surface area contributed by atoms with Crippen LogP contribution in [0.2, 0.25) is 0 Å². The maximum atomic E-state index is 13.0. The molecule has 1 amide bonds. The van der Waals surface area contributed by atoms with Crippen LogP contribution in [0.5, 0.6) is 11.5 Å². The minimum atomic E-state index is -3.79. The van der Waals surface area contributed by atoms with Gasteiger partial charge < -0.3 is 10.1 Å². The average molecular weight is 414 g/mol. The molecule has 0 unspecified atom stereocenters. The monoisotopic (exact) mass is 414 g/mol. The van der Waals surface area contributed by atoms with Gasteiger partial charge >= 0.3 is 0 Å². The third-order valence-electron chi connectivity index (χ3n) is 3.92. The number of nitrogens with zero attached hydrogens (tertiary/aromatic N) is 1. The second-order valence-electron chi connectivity index (χ2n) is 6.21. The Morgan fingerprint density at radius 1 is 0.966 bits per heavy atom. The fourth-order valence-electron chi connectivity index (χ4n) is 2.61. The van der Waals surface area contributed by atoms with Crippen LogP contribution >= 0.6 is 0 Å². The zero-order valence-corrected chi connectivity index (χ0v) is 16.4. The maximum Gasteiger partial charge on any atom is 0.245 e. The quantitative estimate of drug-likeness (QED) is 0.634. The van der Waals surface area contributed by atoms with Crippen molar-refractivity contribution < 1.29 is 22.3 Å². The van der Waals surface area contributed by atoms with Crippen LogP contribution in [-0.2, 0) is 14.8 Å². The molecule has 0 aliphatic rings. The van der Waals surface area contributed by atoms with Gasteiger partial charge in [0, 0.05) is 5.69 Å². The van der Waals surface area contributed by atoms with Crippen LogP contribution in [0.1, 0.15) is 0 Å². The number of carbonyl (C=O) groups excluding carboxylic acids is 1. The molecule has 150 valence electrons. The second kappa shape index (κ2) is 8.74. The van der Waals surface area contributed by atoms with Crippen molar-refractivity contribution in [1.82, 2.24) is 0 Å². The van der Waals surface area contributed by atoms with Crippen molar-refractivity contribution >= 4 is 27.3 Å². The zero-order chi connectivity index (χ0) is 20.9. The Morgan fingerprint density at radius 3 is 2.24 bits per heavy atom. The number of para-hydroxylation sites is 3. The second-order valence-corrected chi connectivity index (χ2v) is 8.11. The van der Waals surface area contributed by atoms with Gasteiger partial charge in [0.2, 0.25) is 15.9 Å².